The lowest BCUT2D eigenvalue weighted by atomic mass is 9.99. The number of carbonyl (C=O) groups excluding carboxylic acids is 3. The van der Waals surface area contributed by atoms with E-state index in [0.717, 1.165) is 10.9 Å². The van der Waals surface area contributed by atoms with Crippen LogP contribution in [-0.2, 0) is 19.1 Å². The van der Waals surface area contributed by atoms with Gasteiger partial charge in [0, 0.05) is 10.9 Å². The van der Waals surface area contributed by atoms with Crippen LogP contribution in [-0.4, -0.2) is 42.6 Å². The van der Waals surface area contributed by atoms with Gasteiger partial charge in [0.15, 0.2) is 6.61 Å². The van der Waals surface area contributed by atoms with Gasteiger partial charge in [-0.25, -0.2) is 9.59 Å². The monoisotopic (exact) mass is 346 g/mol. The lowest BCUT2D eigenvalue weighted by molar-refractivity contribution is -0.147. The third kappa shape index (κ3) is 4.59. The van der Waals surface area contributed by atoms with Gasteiger partial charge in [-0.3, -0.25) is 4.79 Å². The van der Waals surface area contributed by atoms with Crippen molar-refractivity contribution in [2.24, 2.45) is 5.92 Å². The van der Waals surface area contributed by atoms with E-state index >= 15 is 0 Å². The molecule has 7 heteroatoms. The lowest BCUT2D eigenvalue weighted by Crippen LogP contribution is -2.47. The Morgan fingerprint density at radius 2 is 1.96 bits per heavy atom. The highest BCUT2D eigenvalue weighted by atomic mass is 16.5. The Kier molecular flexibility index (Phi) is 6.16. The second kappa shape index (κ2) is 8.32. The number of para-hydroxylation sites is 1. The van der Waals surface area contributed by atoms with Gasteiger partial charge in [0.1, 0.15) is 11.7 Å². The van der Waals surface area contributed by atoms with Crippen LogP contribution in [0.3, 0.4) is 0 Å². The Labute approximate surface area is 145 Å². The van der Waals surface area contributed by atoms with Crippen molar-refractivity contribution in [3.63, 3.8) is 0 Å². The van der Waals surface area contributed by atoms with Gasteiger partial charge in [-0.05, 0) is 18.1 Å². The summed E-state index contributed by atoms with van der Waals surface area (Å²) in [5.74, 6) is -1.81. The average Bonchev–Trinajstić information content (AvgIpc) is 3.07. The van der Waals surface area contributed by atoms with Crippen LogP contribution in [0.4, 0.5) is 0 Å². The maximum atomic E-state index is 12.1. The van der Waals surface area contributed by atoms with Crippen LogP contribution in [0.2, 0.25) is 0 Å². The second-order valence-corrected chi connectivity index (χ2v) is 5.80. The minimum absolute atomic E-state index is 0.0965. The minimum Gasteiger partial charge on any atom is -0.467 e. The third-order valence-corrected chi connectivity index (χ3v) is 4.07. The van der Waals surface area contributed by atoms with Crippen molar-refractivity contribution in [3.05, 3.63) is 36.0 Å². The number of rotatable bonds is 7. The number of hydrogen-bond acceptors (Lipinski definition) is 5. The summed E-state index contributed by atoms with van der Waals surface area (Å²) in [6, 6.07) is 8.30. The van der Waals surface area contributed by atoms with E-state index in [4.69, 9.17) is 9.47 Å². The van der Waals surface area contributed by atoms with Gasteiger partial charge in [-0.1, -0.05) is 38.5 Å². The van der Waals surface area contributed by atoms with Crippen molar-refractivity contribution in [1.29, 1.82) is 0 Å². The standard InChI is InChI=1S/C18H22N2O5/c1-4-11(2)16(18(23)24-3)20-15(21)10-25-17(22)14-9-12-7-5-6-8-13(12)19-14/h5-9,11,16,19H,4,10H2,1-3H3,(H,20,21)/t11-,16+/m1/s1. The topological polar surface area (TPSA) is 97.5 Å². The van der Waals surface area contributed by atoms with Crippen molar-refractivity contribution in [3.8, 4) is 0 Å². The number of H-pyrrole nitrogens is 1. The molecule has 0 aliphatic rings. The Morgan fingerprint density at radius 3 is 2.60 bits per heavy atom. The summed E-state index contributed by atoms with van der Waals surface area (Å²) in [7, 11) is 1.26. The molecular weight excluding hydrogens is 324 g/mol. The molecule has 134 valence electrons. The maximum Gasteiger partial charge on any atom is 0.355 e. The lowest BCUT2D eigenvalue weighted by Gasteiger charge is -2.21. The van der Waals surface area contributed by atoms with E-state index in [-0.39, 0.29) is 11.6 Å². The molecular formula is C18H22N2O5. The Balaban J connectivity index is 1.93. The largest absolute Gasteiger partial charge is 0.467 e. The number of fused-ring (bicyclic) bond motifs is 1. The van der Waals surface area contributed by atoms with E-state index in [1.54, 1.807) is 6.07 Å². The van der Waals surface area contributed by atoms with Crippen LogP contribution >= 0.6 is 0 Å². The number of hydrogen-bond donors (Lipinski definition) is 2. The average molecular weight is 346 g/mol. The quantitative estimate of drug-likeness (QED) is 0.748. The molecule has 1 aromatic heterocycles. The second-order valence-electron chi connectivity index (χ2n) is 5.80. The molecule has 0 spiro atoms. The molecule has 25 heavy (non-hydrogen) atoms. The highest BCUT2D eigenvalue weighted by Gasteiger charge is 2.27. The van der Waals surface area contributed by atoms with Crippen LogP contribution in [0.1, 0.15) is 30.8 Å². The van der Waals surface area contributed by atoms with Crippen LogP contribution in [0, 0.1) is 5.92 Å². The predicted octanol–water partition coefficient (Wildman–Crippen LogP) is 2.03. The van der Waals surface area contributed by atoms with E-state index in [1.165, 1.54) is 7.11 Å². The molecule has 0 unspecified atom stereocenters. The SMILES string of the molecule is CC[C@@H](C)[C@H](NC(=O)COC(=O)c1cc2ccccc2[nH]1)C(=O)OC. The number of aromatic amines is 1. The molecule has 0 radical (unpaired) electrons. The summed E-state index contributed by atoms with van der Waals surface area (Å²) < 4.78 is 9.71. The minimum atomic E-state index is -0.769. The first kappa shape index (κ1) is 18.5. The molecule has 2 atom stereocenters. The highest BCUT2D eigenvalue weighted by Crippen LogP contribution is 2.15. The molecule has 7 nitrogen and oxygen atoms in total. The van der Waals surface area contributed by atoms with Crippen molar-refractivity contribution in [2.45, 2.75) is 26.3 Å². The van der Waals surface area contributed by atoms with Crippen molar-refractivity contribution in [2.75, 3.05) is 13.7 Å². The van der Waals surface area contributed by atoms with Gasteiger partial charge in [-0.15, -0.1) is 0 Å². The van der Waals surface area contributed by atoms with Gasteiger partial charge < -0.3 is 19.8 Å². The predicted molar refractivity (Wildman–Crippen MR) is 92.0 cm³/mol. The van der Waals surface area contributed by atoms with Gasteiger partial charge >= 0.3 is 11.9 Å². The fourth-order valence-electron chi connectivity index (χ4n) is 2.40. The van der Waals surface area contributed by atoms with Crippen LogP contribution in [0.25, 0.3) is 10.9 Å². The summed E-state index contributed by atoms with van der Waals surface area (Å²) in [4.78, 5) is 38.7. The number of methoxy groups -OCH3 is 1. The molecule has 1 aromatic carbocycles. The summed E-state index contributed by atoms with van der Waals surface area (Å²) in [6.07, 6.45) is 0.689. The summed E-state index contributed by atoms with van der Waals surface area (Å²) in [5.41, 5.74) is 1.07. The third-order valence-electron chi connectivity index (χ3n) is 4.07. The van der Waals surface area contributed by atoms with E-state index in [1.807, 2.05) is 38.1 Å². The smallest absolute Gasteiger partial charge is 0.355 e. The van der Waals surface area contributed by atoms with Gasteiger partial charge in [-0.2, -0.15) is 0 Å². The highest BCUT2D eigenvalue weighted by molar-refractivity contribution is 5.96. The zero-order valence-corrected chi connectivity index (χ0v) is 14.5. The number of aromatic nitrogens is 1. The molecule has 0 saturated carbocycles. The molecule has 0 fully saturated rings. The first-order chi connectivity index (χ1) is 12.0. The molecule has 0 aliphatic heterocycles. The summed E-state index contributed by atoms with van der Waals surface area (Å²) in [5, 5.41) is 3.43. The number of carbonyl (C=O) groups is 3. The summed E-state index contributed by atoms with van der Waals surface area (Å²) in [6.45, 7) is 3.26. The van der Waals surface area contributed by atoms with E-state index < -0.39 is 30.5 Å². The van der Waals surface area contributed by atoms with E-state index in [0.29, 0.717) is 6.42 Å². The van der Waals surface area contributed by atoms with Crippen LogP contribution in [0.15, 0.2) is 30.3 Å². The normalized spacial score (nSPS) is 13.1. The van der Waals surface area contributed by atoms with Crippen molar-refractivity contribution in [1.82, 2.24) is 10.3 Å². The molecule has 2 N–H and O–H groups in total. The van der Waals surface area contributed by atoms with Crippen LogP contribution < -0.4 is 5.32 Å². The molecule has 2 aromatic rings. The Morgan fingerprint density at radius 1 is 1.24 bits per heavy atom. The first-order valence-electron chi connectivity index (χ1n) is 8.08. The molecule has 0 bridgehead atoms. The molecule has 2 rings (SSSR count). The van der Waals surface area contributed by atoms with Crippen molar-refractivity contribution < 1.29 is 23.9 Å². The number of benzene rings is 1. The van der Waals surface area contributed by atoms with Crippen molar-refractivity contribution >= 4 is 28.7 Å². The fourth-order valence-corrected chi connectivity index (χ4v) is 2.40. The first-order valence-corrected chi connectivity index (χ1v) is 8.08. The number of esters is 2. The maximum absolute atomic E-state index is 12.1. The number of ether oxygens (including phenoxy) is 2. The Hall–Kier alpha value is -2.83. The summed E-state index contributed by atoms with van der Waals surface area (Å²) >= 11 is 0. The fraction of sp³-hybridized carbons (Fsp3) is 0.389. The number of nitrogens with one attached hydrogen (secondary N) is 2. The number of amides is 1. The van der Waals surface area contributed by atoms with Crippen LogP contribution in [0.5, 0.6) is 0 Å². The van der Waals surface area contributed by atoms with E-state index in [2.05, 4.69) is 10.3 Å². The van der Waals surface area contributed by atoms with Gasteiger partial charge in [0.25, 0.3) is 5.91 Å². The molecule has 0 saturated heterocycles. The zero-order valence-electron chi connectivity index (χ0n) is 14.5. The zero-order chi connectivity index (χ0) is 18.4. The molecule has 0 aliphatic carbocycles. The van der Waals surface area contributed by atoms with Gasteiger partial charge in [0.2, 0.25) is 0 Å². The van der Waals surface area contributed by atoms with Gasteiger partial charge in [0.05, 0.1) is 7.11 Å². The molecule has 1 amide bonds. The Bertz CT molecular complexity index is 735. The van der Waals surface area contributed by atoms with E-state index in [9.17, 15) is 14.4 Å². The molecule has 1 heterocycles.